The van der Waals surface area contributed by atoms with Crippen molar-refractivity contribution in [2.24, 2.45) is 0 Å². The molecule has 9 heteroatoms. The number of ether oxygens (including phenoxy) is 1. The van der Waals surface area contributed by atoms with Crippen molar-refractivity contribution in [2.75, 3.05) is 26.2 Å². The number of aromatic amines is 2. The second-order valence-corrected chi connectivity index (χ2v) is 10.4. The van der Waals surface area contributed by atoms with E-state index in [0.29, 0.717) is 12.4 Å². The van der Waals surface area contributed by atoms with E-state index in [-0.39, 0.29) is 0 Å². The molecule has 0 aromatic carbocycles. The maximum absolute atomic E-state index is 6.22. The third kappa shape index (κ3) is 4.80. The molecule has 1 aliphatic carbocycles. The zero-order chi connectivity index (χ0) is 26.9. The summed E-state index contributed by atoms with van der Waals surface area (Å²) in [5, 5.41) is 8.67. The van der Waals surface area contributed by atoms with Gasteiger partial charge in [-0.1, -0.05) is 11.6 Å². The van der Waals surface area contributed by atoms with Crippen LogP contribution in [0.4, 0.5) is 0 Å². The van der Waals surface area contributed by atoms with E-state index >= 15 is 0 Å². The minimum Gasteiger partial charge on any atom is -0.492 e. The molecule has 0 atom stereocenters. The Morgan fingerprint density at radius 2 is 1.93 bits per heavy atom. The van der Waals surface area contributed by atoms with Crippen molar-refractivity contribution in [3.63, 3.8) is 0 Å². The largest absolute Gasteiger partial charge is 0.492 e. The molecule has 0 radical (unpaired) electrons. The highest BCUT2D eigenvalue weighted by Gasteiger charge is 2.18. The number of hydrogen-bond acceptors (Lipinski definition) is 7. The first-order valence-electron chi connectivity index (χ1n) is 13.8. The maximum Gasteiger partial charge on any atom is 0.159 e. The van der Waals surface area contributed by atoms with Crippen molar-refractivity contribution in [1.82, 2.24) is 40.0 Å². The van der Waals surface area contributed by atoms with Gasteiger partial charge in [-0.2, -0.15) is 5.10 Å². The molecule has 1 fully saturated rings. The zero-order valence-corrected chi connectivity index (χ0v) is 22.4. The topological polar surface area (TPSA) is 109 Å². The number of pyridine rings is 3. The van der Waals surface area contributed by atoms with Crippen LogP contribution in [-0.4, -0.2) is 66.3 Å². The lowest BCUT2D eigenvalue weighted by atomic mass is 10.1. The molecule has 0 bridgehead atoms. The normalized spacial score (nSPS) is 16.2. The van der Waals surface area contributed by atoms with Gasteiger partial charge >= 0.3 is 0 Å². The second-order valence-electron chi connectivity index (χ2n) is 10.4. The highest BCUT2D eigenvalue weighted by molar-refractivity contribution is 5.96. The van der Waals surface area contributed by atoms with Crippen molar-refractivity contribution < 1.29 is 4.74 Å². The number of rotatable bonds is 7. The molecule has 0 saturated carbocycles. The number of hydrogen-bond donors (Lipinski definition) is 2. The van der Waals surface area contributed by atoms with Crippen LogP contribution in [-0.2, 0) is 4.74 Å². The van der Waals surface area contributed by atoms with Crippen LogP contribution in [0.2, 0.25) is 0 Å². The van der Waals surface area contributed by atoms with Crippen molar-refractivity contribution >= 4 is 27.5 Å². The predicted octanol–water partition coefficient (Wildman–Crippen LogP) is 5.69. The van der Waals surface area contributed by atoms with Crippen molar-refractivity contribution in [1.29, 1.82) is 0 Å². The molecular weight excluding hydrogens is 500 g/mol. The van der Waals surface area contributed by atoms with Gasteiger partial charge in [-0.15, -0.1) is 0 Å². The predicted molar refractivity (Wildman–Crippen MR) is 156 cm³/mol. The number of fused-ring (bicyclic) bond motifs is 2. The Morgan fingerprint density at radius 3 is 2.80 bits per heavy atom. The highest BCUT2D eigenvalue weighted by atomic mass is 16.5. The van der Waals surface area contributed by atoms with Crippen molar-refractivity contribution in [3.8, 4) is 22.8 Å². The average molecular weight is 531 g/mol. The quantitative estimate of drug-likeness (QED) is 0.278. The van der Waals surface area contributed by atoms with Gasteiger partial charge in [0.15, 0.2) is 5.82 Å². The molecule has 200 valence electrons. The van der Waals surface area contributed by atoms with E-state index in [4.69, 9.17) is 14.7 Å². The second kappa shape index (κ2) is 10.5. The lowest BCUT2D eigenvalue weighted by molar-refractivity contribution is 0.180. The lowest BCUT2D eigenvalue weighted by Gasteiger charge is -2.15. The smallest absolute Gasteiger partial charge is 0.159 e. The van der Waals surface area contributed by atoms with Gasteiger partial charge in [0.05, 0.1) is 28.6 Å². The molecule has 0 amide bonds. The van der Waals surface area contributed by atoms with Gasteiger partial charge in [0.1, 0.15) is 23.6 Å². The number of likely N-dealkylation sites (tertiary alicyclic amines) is 1. The summed E-state index contributed by atoms with van der Waals surface area (Å²) in [6.45, 7) is 6.13. The Kier molecular flexibility index (Phi) is 6.41. The summed E-state index contributed by atoms with van der Waals surface area (Å²) in [6.07, 6.45) is 17.0. The fourth-order valence-corrected chi connectivity index (χ4v) is 5.40. The summed E-state index contributed by atoms with van der Waals surface area (Å²) in [5.74, 6) is 1.55. The molecule has 0 unspecified atom stereocenters. The first-order chi connectivity index (χ1) is 19.7. The van der Waals surface area contributed by atoms with Crippen LogP contribution < -0.4 is 0 Å². The molecule has 40 heavy (non-hydrogen) atoms. The fourth-order valence-electron chi connectivity index (χ4n) is 5.40. The number of nitrogens with zero attached hydrogens (tertiary/aromatic N) is 6. The van der Waals surface area contributed by atoms with Crippen LogP contribution in [0.1, 0.15) is 31.9 Å². The summed E-state index contributed by atoms with van der Waals surface area (Å²) < 4.78 is 6.22. The maximum atomic E-state index is 6.22. The van der Waals surface area contributed by atoms with Crippen molar-refractivity contribution in [2.45, 2.75) is 26.2 Å². The molecule has 5 aromatic heterocycles. The van der Waals surface area contributed by atoms with Crippen LogP contribution in [0.25, 0.3) is 50.3 Å². The Hall–Kier alpha value is -4.63. The molecule has 6 heterocycles. The van der Waals surface area contributed by atoms with Gasteiger partial charge in [-0.3, -0.25) is 25.0 Å². The van der Waals surface area contributed by atoms with Crippen LogP contribution in [0.5, 0.6) is 0 Å². The molecule has 5 aromatic rings. The SMILES string of the molecule is CC1=CC(OCCN2CCCC2)=CC(c2cc3c(-c4nc5c(-c6cccnc6)nccc5[nH]4)n[nH]c3cn2)=CC1. The third-order valence-electron chi connectivity index (χ3n) is 7.51. The first kappa shape index (κ1) is 24.4. The minimum atomic E-state index is 0.672. The molecule has 2 N–H and O–H groups in total. The monoisotopic (exact) mass is 530 g/mol. The van der Waals surface area contributed by atoms with Crippen LogP contribution in [0.3, 0.4) is 0 Å². The summed E-state index contributed by atoms with van der Waals surface area (Å²) in [4.78, 5) is 24.4. The first-order valence-corrected chi connectivity index (χ1v) is 13.8. The van der Waals surface area contributed by atoms with E-state index in [1.807, 2.05) is 24.4 Å². The minimum absolute atomic E-state index is 0.672. The summed E-state index contributed by atoms with van der Waals surface area (Å²) >= 11 is 0. The Morgan fingerprint density at radius 1 is 1.00 bits per heavy atom. The van der Waals surface area contributed by atoms with Crippen LogP contribution in [0.15, 0.2) is 78.6 Å². The Balaban J connectivity index is 1.21. The molecule has 1 aliphatic heterocycles. The van der Waals surface area contributed by atoms with Crippen molar-refractivity contribution in [3.05, 3.63) is 84.3 Å². The summed E-state index contributed by atoms with van der Waals surface area (Å²) in [5.41, 5.74) is 8.11. The Labute approximate surface area is 231 Å². The van der Waals surface area contributed by atoms with E-state index in [2.05, 4.69) is 61.3 Å². The van der Waals surface area contributed by atoms with E-state index in [1.54, 1.807) is 18.6 Å². The van der Waals surface area contributed by atoms with E-state index in [0.717, 1.165) is 68.9 Å². The third-order valence-corrected chi connectivity index (χ3v) is 7.51. The molecule has 2 aliphatic rings. The standard InChI is InChI=1S/C31H30N8O/c1-20-6-7-21(16-23(15-20)40-14-13-39-11-2-3-12-39)26-17-24-27(19-34-26)37-38-29(24)31-35-25-8-10-33-28(30(25)36-31)22-5-4-9-32-18-22/h4-5,7-10,15-19H,2-3,6,11-14H2,1H3,(H,35,36)(H,37,38). The number of imidazole rings is 1. The fraction of sp³-hybridized carbons (Fsp3) is 0.258. The van der Waals surface area contributed by atoms with Gasteiger partial charge in [0, 0.05) is 41.7 Å². The molecule has 7 rings (SSSR count). The van der Waals surface area contributed by atoms with Crippen LogP contribution in [0, 0.1) is 0 Å². The van der Waals surface area contributed by atoms with E-state index < -0.39 is 0 Å². The molecular formula is C31H30N8O. The van der Waals surface area contributed by atoms with Gasteiger partial charge in [0.2, 0.25) is 0 Å². The van der Waals surface area contributed by atoms with Gasteiger partial charge in [-0.05, 0) is 75.7 Å². The summed E-state index contributed by atoms with van der Waals surface area (Å²) in [7, 11) is 0. The number of H-pyrrole nitrogens is 2. The molecule has 1 saturated heterocycles. The average Bonchev–Trinajstić information content (AvgIpc) is 3.72. The number of aromatic nitrogens is 7. The highest BCUT2D eigenvalue weighted by Crippen LogP contribution is 2.32. The lowest BCUT2D eigenvalue weighted by Crippen LogP contribution is -2.23. The van der Waals surface area contributed by atoms with Gasteiger partial charge < -0.3 is 9.72 Å². The number of allylic oxidation sites excluding steroid dienone is 5. The zero-order valence-electron chi connectivity index (χ0n) is 22.4. The Bertz CT molecular complexity index is 1770. The van der Waals surface area contributed by atoms with Gasteiger partial charge in [-0.25, -0.2) is 4.98 Å². The van der Waals surface area contributed by atoms with Gasteiger partial charge in [0.25, 0.3) is 0 Å². The molecule has 0 spiro atoms. The molecule has 9 nitrogen and oxygen atoms in total. The summed E-state index contributed by atoms with van der Waals surface area (Å²) in [6, 6.07) is 7.89. The number of nitrogens with one attached hydrogen (secondary N) is 2. The van der Waals surface area contributed by atoms with E-state index in [9.17, 15) is 0 Å². The van der Waals surface area contributed by atoms with Crippen LogP contribution >= 0.6 is 0 Å². The van der Waals surface area contributed by atoms with E-state index in [1.165, 1.54) is 31.5 Å².